The second-order valence-electron chi connectivity index (χ2n) is 6.85. The minimum atomic E-state index is -0.836. The van der Waals surface area contributed by atoms with Gasteiger partial charge in [0.1, 0.15) is 0 Å². The number of nitrogens with zero attached hydrogens (tertiary/aromatic N) is 3. The molecule has 27 heavy (non-hydrogen) atoms. The van der Waals surface area contributed by atoms with Crippen molar-refractivity contribution >= 4 is 5.97 Å². The quantitative estimate of drug-likeness (QED) is 0.691. The number of carboxylic acid groups (broad SMARTS) is 1. The van der Waals surface area contributed by atoms with Crippen molar-refractivity contribution in [2.24, 2.45) is 0 Å². The first-order valence-electron chi connectivity index (χ1n) is 9.12. The van der Waals surface area contributed by atoms with Gasteiger partial charge in [-0.3, -0.25) is 9.69 Å². The van der Waals surface area contributed by atoms with E-state index in [1.165, 1.54) is 5.56 Å². The molecule has 0 amide bonds. The average Bonchev–Trinajstić information content (AvgIpc) is 3.04. The van der Waals surface area contributed by atoms with Crippen LogP contribution in [0.5, 0.6) is 0 Å². The van der Waals surface area contributed by atoms with Crippen molar-refractivity contribution in [1.29, 1.82) is 0 Å². The Morgan fingerprint density at radius 3 is 2.48 bits per heavy atom. The van der Waals surface area contributed by atoms with Crippen LogP contribution >= 0.6 is 0 Å². The Hall–Kier alpha value is -2.92. The number of carboxylic acids is 1. The number of carbonyl (C=O) groups is 1. The number of aliphatic carboxylic acids is 1. The lowest BCUT2D eigenvalue weighted by Crippen LogP contribution is -2.25. The SMILES string of the molecule is CCc1ccc(-c2nn(-c3ccccc3C)cc2CN(C)CC(=O)O)cc1. The van der Waals surface area contributed by atoms with E-state index in [1.807, 2.05) is 36.1 Å². The Morgan fingerprint density at radius 2 is 1.85 bits per heavy atom. The molecular weight excluding hydrogens is 338 g/mol. The number of benzene rings is 2. The van der Waals surface area contributed by atoms with Crippen LogP contribution in [-0.2, 0) is 17.8 Å². The highest BCUT2D eigenvalue weighted by Gasteiger charge is 2.16. The van der Waals surface area contributed by atoms with Crippen molar-refractivity contribution in [2.45, 2.75) is 26.8 Å². The largest absolute Gasteiger partial charge is 0.480 e. The van der Waals surface area contributed by atoms with Gasteiger partial charge in [-0.05, 0) is 37.6 Å². The maximum absolute atomic E-state index is 11.0. The molecule has 1 aromatic heterocycles. The molecule has 0 saturated heterocycles. The third kappa shape index (κ3) is 4.44. The van der Waals surface area contributed by atoms with Gasteiger partial charge in [-0.25, -0.2) is 4.68 Å². The van der Waals surface area contributed by atoms with E-state index in [1.54, 1.807) is 4.90 Å². The van der Waals surface area contributed by atoms with E-state index in [0.717, 1.165) is 34.5 Å². The molecule has 0 radical (unpaired) electrons. The van der Waals surface area contributed by atoms with Crippen molar-refractivity contribution in [3.05, 3.63) is 71.4 Å². The Kier molecular flexibility index (Phi) is 5.72. The maximum Gasteiger partial charge on any atom is 0.317 e. The zero-order valence-electron chi connectivity index (χ0n) is 16.0. The van der Waals surface area contributed by atoms with E-state index in [4.69, 9.17) is 10.2 Å². The number of rotatable bonds is 7. The highest BCUT2D eigenvalue weighted by Crippen LogP contribution is 2.26. The zero-order valence-corrected chi connectivity index (χ0v) is 16.0. The van der Waals surface area contributed by atoms with E-state index in [0.29, 0.717) is 6.54 Å². The van der Waals surface area contributed by atoms with E-state index in [-0.39, 0.29) is 6.54 Å². The first-order valence-corrected chi connectivity index (χ1v) is 9.12. The predicted octanol–water partition coefficient (Wildman–Crippen LogP) is 3.93. The lowest BCUT2D eigenvalue weighted by Gasteiger charge is -2.13. The van der Waals surface area contributed by atoms with Gasteiger partial charge in [0.25, 0.3) is 0 Å². The first kappa shape index (κ1) is 18.9. The van der Waals surface area contributed by atoms with Gasteiger partial charge in [0.2, 0.25) is 0 Å². The molecule has 0 aliphatic carbocycles. The maximum atomic E-state index is 11.0. The van der Waals surface area contributed by atoms with Gasteiger partial charge in [-0.2, -0.15) is 5.10 Å². The van der Waals surface area contributed by atoms with Gasteiger partial charge in [-0.15, -0.1) is 0 Å². The average molecular weight is 363 g/mol. The number of hydrogen-bond acceptors (Lipinski definition) is 3. The van der Waals surface area contributed by atoms with Crippen LogP contribution in [0.2, 0.25) is 0 Å². The smallest absolute Gasteiger partial charge is 0.317 e. The van der Waals surface area contributed by atoms with Gasteiger partial charge < -0.3 is 5.11 Å². The van der Waals surface area contributed by atoms with Crippen LogP contribution in [0, 0.1) is 6.92 Å². The summed E-state index contributed by atoms with van der Waals surface area (Å²) in [5.41, 5.74) is 6.37. The van der Waals surface area contributed by atoms with Gasteiger partial charge in [0.15, 0.2) is 0 Å². The minimum absolute atomic E-state index is 0.0102. The molecule has 140 valence electrons. The van der Waals surface area contributed by atoms with Crippen molar-refractivity contribution in [1.82, 2.24) is 14.7 Å². The van der Waals surface area contributed by atoms with Crippen LogP contribution in [0.1, 0.15) is 23.6 Å². The van der Waals surface area contributed by atoms with E-state index in [9.17, 15) is 4.79 Å². The summed E-state index contributed by atoms with van der Waals surface area (Å²) in [7, 11) is 1.81. The molecule has 0 fully saturated rings. The monoisotopic (exact) mass is 363 g/mol. The van der Waals surface area contributed by atoms with Crippen molar-refractivity contribution in [3.8, 4) is 16.9 Å². The lowest BCUT2D eigenvalue weighted by atomic mass is 10.0. The lowest BCUT2D eigenvalue weighted by molar-refractivity contribution is -0.138. The fourth-order valence-corrected chi connectivity index (χ4v) is 3.19. The molecule has 5 heteroatoms. The van der Waals surface area contributed by atoms with Crippen molar-refractivity contribution in [3.63, 3.8) is 0 Å². The molecule has 0 aliphatic rings. The van der Waals surface area contributed by atoms with Gasteiger partial charge >= 0.3 is 5.97 Å². The number of para-hydroxylation sites is 1. The van der Waals surface area contributed by atoms with E-state index in [2.05, 4.69) is 44.2 Å². The molecule has 0 unspecified atom stereocenters. The Labute approximate surface area is 159 Å². The summed E-state index contributed by atoms with van der Waals surface area (Å²) in [4.78, 5) is 12.8. The second-order valence-corrected chi connectivity index (χ2v) is 6.85. The molecule has 5 nitrogen and oxygen atoms in total. The molecule has 3 aromatic rings. The normalized spacial score (nSPS) is 11.1. The topological polar surface area (TPSA) is 58.4 Å². The molecule has 0 atom stereocenters. The number of likely N-dealkylation sites (N-methyl/N-ethyl adjacent to an activating group) is 1. The Bertz CT molecular complexity index is 929. The second kappa shape index (κ2) is 8.18. The number of aryl methyl sites for hydroxylation is 2. The fraction of sp³-hybridized carbons (Fsp3) is 0.273. The molecule has 0 spiro atoms. The van der Waals surface area contributed by atoms with Crippen LogP contribution in [0.25, 0.3) is 16.9 Å². The predicted molar refractivity (Wildman–Crippen MR) is 107 cm³/mol. The summed E-state index contributed by atoms with van der Waals surface area (Å²) in [6, 6.07) is 16.5. The summed E-state index contributed by atoms with van der Waals surface area (Å²) in [5, 5.41) is 13.9. The summed E-state index contributed by atoms with van der Waals surface area (Å²) >= 11 is 0. The summed E-state index contributed by atoms with van der Waals surface area (Å²) in [6.07, 6.45) is 3.00. The van der Waals surface area contributed by atoms with Crippen molar-refractivity contribution in [2.75, 3.05) is 13.6 Å². The van der Waals surface area contributed by atoms with Crippen LogP contribution < -0.4 is 0 Å². The summed E-state index contributed by atoms with van der Waals surface area (Å²) in [6.45, 7) is 4.70. The first-order chi connectivity index (χ1) is 13.0. The highest BCUT2D eigenvalue weighted by atomic mass is 16.4. The number of hydrogen-bond donors (Lipinski definition) is 1. The van der Waals surface area contributed by atoms with Gasteiger partial charge in [0, 0.05) is 23.9 Å². The van der Waals surface area contributed by atoms with Gasteiger partial charge in [0.05, 0.1) is 17.9 Å². The summed E-state index contributed by atoms with van der Waals surface area (Å²) < 4.78 is 1.89. The minimum Gasteiger partial charge on any atom is -0.480 e. The van der Waals surface area contributed by atoms with Crippen LogP contribution in [0.4, 0.5) is 0 Å². The molecule has 1 heterocycles. The molecule has 1 N–H and O–H groups in total. The van der Waals surface area contributed by atoms with Crippen LogP contribution in [0.3, 0.4) is 0 Å². The van der Waals surface area contributed by atoms with E-state index >= 15 is 0 Å². The molecule has 2 aromatic carbocycles. The molecule has 0 saturated carbocycles. The molecule has 0 bridgehead atoms. The third-order valence-corrected chi connectivity index (χ3v) is 4.63. The molecule has 3 rings (SSSR count). The van der Waals surface area contributed by atoms with Crippen LogP contribution in [-0.4, -0.2) is 39.3 Å². The molecule has 0 aliphatic heterocycles. The Balaban J connectivity index is 2.03. The summed E-state index contributed by atoms with van der Waals surface area (Å²) in [5.74, 6) is -0.836. The highest BCUT2D eigenvalue weighted by molar-refractivity contribution is 5.69. The van der Waals surface area contributed by atoms with E-state index < -0.39 is 5.97 Å². The third-order valence-electron chi connectivity index (χ3n) is 4.63. The molecular formula is C22H25N3O2. The zero-order chi connectivity index (χ0) is 19.4. The fourth-order valence-electron chi connectivity index (χ4n) is 3.19. The standard InChI is InChI=1S/C22H25N3O2/c1-4-17-9-11-18(12-10-17)22-19(13-24(3)15-21(26)27)14-25(23-22)20-8-6-5-7-16(20)2/h5-12,14H,4,13,15H2,1-3H3,(H,26,27). The van der Waals surface area contributed by atoms with Crippen molar-refractivity contribution < 1.29 is 9.90 Å². The number of aromatic nitrogens is 2. The van der Waals surface area contributed by atoms with Crippen LogP contribution in [0.15, 0.2) is 54.7 Å². The van der Waals surface area contributed by atoms with Gasteiger partial charge in [-0.1, -0.05) is 49.4 Å². The Morgan fingerprint density at radius 1 is 1.15 bits per heavy atom.